The fraction of sp³-hybridized carbons (Fsp3) is 0.571. The van der Waals surface area contributed by atoms with Crippen LogP contribution >= 0.6 is 0 Å². The SMILES string of the molecule is CC(NS(=O)(=O)N1CCCCC1)c1ccc2c(c1)OCO2. The number of benzene rings is 1. The first-order valence-corrected chi connectivity index (χ1v) is 8.67. The van der Waals surface area contributed by atoms with E-state index >= 15 is 0 Å². The molecule has 0 aliphatic carbocycles. The van der Waals surface area contributed by atoms with Crippen molar-refractivity contribution in [3.05, 3.63) is 23.8 Å². The Hall–Kier alpha value is -1.31. The van der Waals surface area contributed by atoms with Gasteiger partial charge in [0.25, 0.3) is 10.2 Å². The fourth-order valence-corrected chi connectivity index (χ4v) is 4.12. The Kier molecular flexibility index (Phi) is 4.05. The fourth-order valence-electron chi connectivity index (χ4n) is 2.65. The van der Waals surface area contributed by atoms with E-state index in [1.807, 2.05) is 25.1 Å². The minimum absolute atomic E-state index is 0.215. The second kappa shape index (κ2) is 5.82. The van der Waals surface area contributed by atoms with Crippen molar-refractivity contribution in [1.29, 1.82) is 0 Å². The van der Waals surface area contributed by atoms with Gasteiger partial charge in [-0.3, -0.25) is 0 Å². The molecule has 6 nitrogen and oxygen atoms in total. The maximum absolute atomic E-state index is 12.4. The molecule has 0 radical (unpaired) electrons. The van der Waals surface area contributed by atoms with Crippen LogP contribution in [0.3, 0.4) is 0 Å². The molecule has 2 heterocycles. The monoisotopic (exact) mass is 312 g/mol. The van der Waals surface area contributed by atoms with Crippen molar-refractivity contribution in [3.8, 4) is 11.5 Å². The number of piperidine rings is 1. The Morgan fingerprint density at radius 1 is 1.14 bits per heavy atom. The Morgan fingerprint density at radius 2 is 1.86 bits per heavy atom. The summed E-state index contributed by atoms with van der Waals surface area (Å²) in [6, 6.07) is 5.18. The third kappa shape index (κ3) is 3.14. The molecule has 116 valence electrons. The molecule has 1 aromatic rings. The van der Waals surface area contributed by atoms with Crippen molar-refractivity contribution >= 4 is 10.2 Å². The first-order valence-electron chi connectivity index (χ1n) is 7.23. The van der Waals surface area contributed by atoms with Gasteiger partial charge in [0.1, 0.15) is 0 Å². The molecular weight excluding hydrogens is 292 g/mol. The van der Waals surface area contributed by atoms with Gasteiger partial charge in [-0.05, 0) is 37.5 Å². The van der Waals surface area contributed by atoms with Gasteiger partial charge in [-0.15, -0.1) is 0 Å². The highest BCUT2D eigenvalue weighted by Crippen LogP contribution is 2.34. The lowest BCUT2D eigenvalue weighted by Crippen LogP contribution is -2.44. The maximum atomic E-state index is 12.4. The van der Waals surface area contributed by atoms with Gasteiger partial charge in [0.15, 0.2) is 11.5 Å². The molecule has 1 atom stereocenters. The maximum Gasteiger partial charge on any atom is 0.279 e. The summed E-state index contributed by atoms with van der Waals surface area (Å²) >= 11 is 0. The molecule has 0 amide bonds. The topological polar surface area (TPSA) is 67.9 Å². The van der Waals surface area contributed by atoms with Crippen LogP contribution < -0.4 is 14.2 Å². The third-order valence-corrected chi connectivity index (χ3v) is 5.57. The lowest BCUT2D eigenvalue weighted by atomic mass is 10.1. The summed E-state index contributed by atoms with van der Waals surface area (Å²) in [7, 11) is -3.43. The van der Waals surface area contributed by atoms with Gasteiger partial charge in [0.2, 0.25) is 6.79 Å². The normalized spacial score (nSPS) is 20.4. The van der Waals surface area contributed by atoms with Gasteiger partial charge in [-0.2, -0.15) is 17.4 Å². The largest absolute Gasteiger partial charge is 0.454 e. The second-order valence-corrected chi connectivity index (χ2v) is 7.12. The smallest absolute Gasteiger partial charge is 0.279 e. The molecule has 1 fully saturated rings. The van der Waals surface area contributed by atoms with Crippen LogP contribution in [0.5, 0.6) is 11.5 Å². The minimum Gasteiger partial charge on any atom is -0.454 e. The van der Waals surface area contributed by atoms with Crippen molar-refractivity contribution in [2.24, 2.45) is 0 Å². The van der Waals surface area contributed by atoms with Crippen LogP contribution in [0.4, 0.5) is 0 Å². The molecule has 3 rings (SSSR count). The van der Waals surface area contributed by atoms with Crippen LogP contribution in [0.25, 0.3) is 0 Å². The first kappa shape index (κ1) is 14.6. The molecule has 1 aromatic carbocycles. The molecular formula is C14H20N2O4S. The molecule has 0 saturated carbocycles. The zero-order valence-corrected chi connectivity index (χ0v) is 12.9. The van der Waals surface area contributed by atoms with Gasteiger partial charge in [-0.25, -0.2) is 0 Å². The molecule has 1 N–H and O–H groups in total. The van der Waals surface area contributed by atoms with Crippen molar-refractivity contribution < 1.29 is 17.9 Å². The van der Waals surface area contributed by atoms with Gasteiger partial charge < -0.3 is 9.47 Å². The summed E-state index contributed by atoms with van der Waals surface area (Å²) in [5, 5.41) is 0. The van der Waals surface area contributed by atoms with E-state index in [0.29, 0.717) is 24.6 Å². The quantitative estimate of drug-likeness (QED) is 0.920. The molecule has 1 unspecified atom stereocenters. The Labute approximate surface area is 125 Å². The van der Waals surface area contributed by atoms with Gasteiger partial charge in [-0.1, -0.05) is 12.5 Å². The number of hydrogen-bond donors (Lipinski definition) is 1. The highest BCUT2D eigenvalue weighted by molar-refractivity contribution is 7.87. The van der Waals surface area contributed by atoms with Crippen LogP contribution in [0.1, 0.15) is 37.8 Å². The molecule has 7 heteroatoms. The van der Waals surface area contributed by atoms with E-state index in [-0.39, 0.29) is 12.8 Å². The van der Waals surface area contributed by atoms with Gasteiger partial charge in [0, 0.05) is 19.1 Å². The summed E-state index contributed by atoms with van der Waals surface area (Å²) in [6.07, 6.45) is 2.96. The van der Waals surface area contributed by atoms with Crippen LogP contribution in [-0.4, -0.2) is 32.6 Å². The predicted octanol–water partition coefficient (Wildman–Crippen LogP) is 1.80. The molecule has 0 bridgehead atoms. The van der Waals surface area contributed by atoms with Crippen LogP contribution in [0.2, 0.25) is 0 Å². The summed E-state index contributed by atoms with van der Waals surface area (Å²) in [4.78, 5) is 0. The number of hydrogen-bond acceptors (Lipinski definition) is 4. The summed E-state index contributed by atoms with van der Waals surface area (Å²) in [5.74, 6) is 1.36. The summed E-state index contributed by atoms with van der Waals surface area (Å²) < 4.78 is 39.6. The van der Waals surface area contributed by atoms with E-state index in [2.05, 4.69) is 4.72 Å². The summed E-state index contributed by atoms with van der Waals surface area (Å²) in [5.41, 5.74) is 0.861. The van der Waals surface area contributed by atoms with E-state index < -0.39 is 10.2 Å². The van der Waals surface area contributed by atoms with Crippen molar-refractivity contribution in [2.45, 2.75) is 32.2 Å². The lowest BCUT2D eigenvalue weighted by molar-refractivity contribution is 0.174. The Bertz CT molecular complexity index is 611. The van der Waals surface area contributed by atoms with E-state index in [1.165, 1.54) is 4.31 Å². The summed E-state index contributed by atoms with van der Waals surface area (Å²) in [6.45, 7) is 3.25. The molecule has 0 aromatic heterocycles. The Morgan fingerprint density at radius 3 is 2.62 bits per heavy atom. The van der Waals surface area contributed by atoms with E-state index in [0.717, 1.165) is 24.8 Å². The second-order valence-electron chi connectivity index (χ2n) is 5.42. The highest BCUT2D eigenvalue weighted by atomic mass is 32.2. The molecule has 2 aliphatic rings. The standard InChI is InChI=1S/C14H20N2O4S/c1-11(12-5-6-13-14(9-12)20-10-19-13)15-21(17,18)16-7-3-2-4-8-16/h5-6,9,11,15H,2-4,7-8,10H2,1H3. The molecule has 1 saturated heterocycles. The number of nitrogens with zero attached hydrogens (tertiary/aromatic N) is 1. The van der Waals surface area contributed by atoms with Gasteiger partial charge >= 0.3 is 0 Å². The van der Waals surface area contributed by atoms with E-state index in [4.69, 9.17) is 9.47 Å². The Balaban J connectivity index is 1.71. The van der Waals surface area contributed by atoms with Crippen molar-refractivity contribution in [1.82, 2.24) is 9.03 Å². The number of nitrogens with one attached hydrogen (secondary N) is 1. The number of ether oxygens (including phenoxy) is 2. The van der Waals surface area contributed by atoms with Crippen molar-refractivity contribution in [2.75, 3.05) is 19.9 Å². The average molecular weight is 312 g/mol. The van der Waals surface area contributed by atoms with E-state index in [9.17, 15) is 8.42 Å². The van der Waals surface area contributed by atoms with Gasteiger partial charge in [0.05, 0.1) is 0 Å². The average Bonchev–Trinajstić information content (AvgIpc) is 2.95. The number of fused-ring (bicyclic) bond motifs is 1. The molecule has 2 aliphatic heterocycles. The number of rotatable bonds is 4. The molecule has 0 spiro atoms. The van der Waals surface area contributed by atoms with E-state index in [1.54, 1.807) is 0 Å². The molecule has 21 heavy (non-hydrogen) atoms. The minimum atomic E-state index is -3.43. The predicted molar refractivity (Wildman–Crippen MR) is 78.5 cm³/mol. The van der Waals surface area contributed by atoms with Crippen molar-refractivity contribution in [3.63, 3.8) is 0 Å². The van der Waals surface area contributed by atoms with Crippen LogP contribution in [-0.2, 0) is 10.2 Å². The highest BCUT2D eigenvalue weighted by Gasteiger charge is 2.26. The van der Waals surface area contributed by atoms with Crippen LogP contribution in [0, 0.1) is 0 Å². The zero-order chi connectivity index (χ0) is 14.9. The zero-order valence-electron chi connectivity index (χ0n) is 12.0. The lowest BCUT2D eigenvalue weighted by Gasteiger charge is -2.27. The van der Waals surface area contributed by atoms with Crippen LogP contribution in [0.15, 0.2) is 18.2 Å². The first-order chi connectivity index (χ1) is 10.1. The third-order valence-electron chi connectivity index (χ3n) is 3.88.